The van der Waals surface area contributed by atoms with Crippen LogP contribution in [0.2, 0.25) is 0 Å². The van der Waals surface area contributed by atoms with E-state index in [9.17, 15) is 10.0 Å². The molecule has 0 aliphatic rings. The zero-order valence-electron chi connectivity index (χ0n) is 15.4. The van der Waals surface area contributed by atoms with E-state index in [0.29, 0.717) is 17.4 Å². The van der Waals surface area contributed by atoms with Crippen molar-refractivity contribution in [1.82, 2.24) is 0 Å². The van der Waals surface area contributed by atoms with Crippen molar-refractivity contribution in [1.29, 1.82) is 0 Å². The molecule has 0 fully saturated rings. The highest BCUT2D eigenvalue weighted by molar-refractivity contribution is 5.81. The van der Waals surface area contributed by atoms with Crippen LogP contribution in [0.3, 0.4) is 0 Å². The quantitative estimate of drug-likeness (QED) is 0.356. The van der Waals surface area contributed by atoms with Crippen molar-refractivity contribution in [3.8, 4) is 0 Å². The first kappa shape index (κ1) is 21.4. The lowest BCUT2D eigenvalue weighted by Gasteiger charge is -2.08. The smallest absolute Gasteiger partial charge is 0.336 e. The van der Waals surface area contributed by atoms with Gasteiger partial charge < -0.3 is 9.62 Å². The molecule has 0 spiro atoms. The Bertz CT molecular complexity index is 911. The number of fused-ring (bicyclic) bond motifs is 1. The maximum atomic E-state index is 11.4. The van der Waals surface area contributed by atoms with E-state index in [2.05, 4.69) is 13.8 Å². The molecule has 0 amide bonds. The van der Waals surface area contributed by atoms with Gasteiger partial charge in [0.15, 0.2) is 11.9 Å². The van der Waals surface area contributed by atoms with Crippen LogP contribution in [0.15, 0.2) is 57.9 Å². The van der Waals surface area contributed by atoms with Crippen molar-refractivity contribution in [2.24, 2.45) is 0 Å². The number of pyridine rings is 1. The molecule has 0 aliphatic heterocycles. The minimum absolute atomic E-state index is 0. The summed E-state index contributed by atoms with van der Waals surface area (Å²) >= 11 is 0. The van der Waals surface area contributed by atoms with E-state index in [1.165, 1.54) is 6.20 Å². The fourth-order valence-electron chi connectivity index (χ4n) is 2.66. The molecule has 140 valence electrons. The van der Waals surface area contributed by atoms with Crippen LogP contribution >= 0.6 is 0 Å². The molecule has 3 rings (SSSR count). The average molecular weight is 355 g/mol. The van der Waals surface area contributed by atoms with Gasteiger partial charge in [-0.25, -0.2) is 4.79 Å². The van der Waals surface area contributed by atoms with Gasteiger partial charge in [0.25, 0.3) is 0 Å². The minimum atomic E-state index is -0.267. The van der Waals surface area contributed by atoms with Crippen molar-refractivity contribution >= 4 is 11.0 Å². The molecular formula is C22H29NO3. The minimum Gasteiger partial charge on any atom is -0.618 e. The molecule has 3 aromatic rings. The third kappa shape index (κ3) is 5.19. The van der Waals surface area contributed by atoms with Gasteiger partial charge in [-0.15, -0.1) is 0 Å². The molecule has 0 aliphatic carbocycles. The molecule has 0 N–H and O–H groups in total. The predicted molar refractivity (Wildman–Crippen MR) is 108 cm³/mol. The van der Waals surface area contributed by atoms with Gasteiger partial charge in [-0.2, -0.15) is 4.73 Å². The third-order valence-corrected chi connectivity index (χ3v) is 4.00. The van der Waals surface area contributed by atoms with Crippen LogP contribution in [0, 0.1) is 12.1 Å². The van der Waals surface area contributed by atoms with Crippen molar-refractivity contribution in [3.63, 3.8) is 0 Å². The molecule has 0 atom stereocenters. The molecular weight excluding hydrogens is 326 g/mol. The van der Waals surface area contributed by atoms with Gasteiger partial charge in [-0.1, -0.05) is 53.3 Å². The highest BCUT2D eigenvalue weighted by atomic mass is 16.5. The van der Waals surface area contributed by atoms with E-state index < -0.39 is 0 Å². The van der Waals surface area contributed by atoms with Gasteiger partial charge in [0.2, 0.25) is 0 Å². The zero-order valence-corrected chi connectivity index (χ0v) is 15.4. The Hall–Kier alpha value is -2.62. The molecule has 0 saturated heterocycles. The maximum Gasteiger partial charge on any atom is 0.336 e. The van der Waals surface area contributed by atoms with E-state index in [0.717, 1.165) is 26.9 Å². The number of hydrogen-bond donors (Lipinski definition) is 0. The van der Waals surface area contributed by atoms with E-state index in [-0.39, 0.29) is 13.1 Å². The topological polar surface area (TPSA) is 57.1 Å². The molecule has 4 nitrogen and oxygen atoms in total. The second kappa shape index (κ2) is 9.18. The Balaban J connectivity index is 0.000000270. The summed E-state index contributed by atoms with van der Waals surface area (Å²) in [5.74, 6) is 0.637. The van der Waals surface area contributed by atoms with Crippen molar-refractivity contribution in [2.75, 3.05) is 0 Å². The average Bonchev–Trinajstić information content (AvgIpc) is 2.54. The molecule has 0 bridgehead atoms. The van der Waals surface area contributed by atoms with Gasteiger partial charge in [0.1, 0.15) is 5.58 Å². The summed E-state index contributed by atoms with van der Waals surface area (Å²) in [6.45, 7) is 10.1. The van der Waals surface area contributed by atoms with E-state index in [1.54, 1.807) is 12.1 Å². The Kier molecular flexibility index (Phi) is 7.56. The largest absolute Gasteiger partial charge is 0.618 e. The Morgan fingerprint density at radius 3 is 2.23 bits per heavy atom. The molecule has 4 heteroatoms. The van der Waals surface area contributed by atoms with Crippen molar-refractivity contribution in [3.05, 3.63) is 81.1 Å². The van der Waals surface area contributed by atoms with Crippen LogP contribution in [-0.4, -0.2) is 0 Å². The zero-order chi connectivity index (χ0) is 18.6. The molecule has 2 aromatic heterocycles. The summed E-state index contributed by atoms with van der Waals surface area (Å²) in [5, 5.41) is 12.0. The second-order valence-electron chi connectivity index (χ2n) is 6.78. The van der Waals surface area contributed by atoms with Crippen LogP contribution in [-0.2, 0) is 0 Å². The van der Waals surface area contributed by atoms with Crippen LogP contribution in [0.4, 0.5) is 0 Å². The summed E-state index contributed by atoms with van der Waals surface area (Å²) in [5.41, 5.74) is 3.40. The van der Waals surface area contributed by atoms with Crippen LogP contribution in [0.25, 0.3) is 11.0 Å². The SMILES string of the molecule is C.CC(C)c1cccc[n+]1[O-].Cc1ccc2c(C(C)C)cc(=O)oc2c1. The molecule has 1 aromatic carbocycles. The van der Waals surface area contributed by atoms with Gasteiger partial charge in [0, 0.05) is 29.5 Å². The normalized spacial score (nSPS) is 10.4. The fraction of sp³-hybridized carbons (Fsp3) is 0.364. The first-order valence-corrected chi connectivity index (χ1v) is 8.52. The molecule has 0 radical (unpaired) electrons. The Labute approximate surface area is 155 Å². The highest BCUT2D eigenvalue weighted by Crippen LogP contribution is 2.24. The van der Waals surface area contributed by atoms with Gasteiger partial charge in [-0.3, -0.25) is 0 Å². The van der Waals surface area contributed by atoms with Crippen LogP contribution < -0.4 is 10.4 Å². The number of rotatable bonds is 2. The van der Waals surface area contributed by atoms with E-state index in [1.807, 2.05) is 51.1 Å². The summed E-state index contributed by atoms with van der Waals surface area (Å²) in [6.07, 6.45) is 1.52. The molecule has 26 heavy (non-hydrogen) atoms. The Morgan fingerprint density at radius 2 is 1.69 bits per heavy atom. The second-order valence-corrected chi connectivity index (χ2v) is 6.78. The molecule has 0 unspecified atom stereocenters. The lowest BCUT2D eigenvalue weighted by atomic mass is 9.99. The number of aromatic nitrogens is 1. The van der Waals surface area contributed by atoms with E-state index in [4.69, 9.17) is 4.42 Å². The first-order valence-electron chi connectivity index (χ1n) is 8.52. The van der Waals surface area contributed by atoms with Gasteiger partial charge in [0.05, 0.1) is 0 Å². The summed E-state index contributed by atoms with van der Waals surface area (Å²) in [6, 6.07) is 13.0. The van der Waals surface area contributed by atoms with Crippen LogP contribution in [0.5, 0.6) is 0 Å². The lowest BCUT2D eigenvalue weighted by Crippen LogP contribution is -2.31. The lowest BCUT2D eigenvalue weighted by molar-refractivity contribution is -0.615. The molecule has 2 heterocycles. The number of hydrogen-bond acceptors (Lipinski definition) is 3. The van der Waals surface area contributed by atoms with Gasteiger partial charge >= 0.3 is 5.63 Å². The Morgan fingerprint density at radius 1 is 1.00 bits per heavy atom. The fourth-order valence-corrected chi connectivity index (χ4v) is 2.66. The van der Waals surface area contributed by atoms with Crippen molar-refractivity contribution < 1.29 is 9.15 Å². The number of aryl methyl sites for hydroxylation is 1. The monoisotopic (exact) mass is 355 g/mol. The first-order chi connectivity index (χ1) is 11.8. The summed E-state index contributed by atoms with van der Waals surface area (Å²) < 4.78 is 6.09. The predicted octanol–water partition coefficient (Wildman–Crippen LogP) is 5.30. The standard InChI is InChI=1S/C13H14O2.C8H11NO.CH4/c1-8(2)11-7-13(14)15-12-6-9(3)4-5-10(11)12;1-7(2)8-5-3-4-6-9(8)10;/h4-8H,1-3H3;3-7H,1-2H3;1H4. The van der Waals surface area contributed by atoms with Crippen molar-refractivity contribution in [2.45, 2.75) is 53.9 Å². The summed E-state index contributed by atoms with van der Waals surface area (Å²) in [4.78, 5) is 11.4. The van der Waals surface area contributed by atoms with Gasteiger partial charge in [-0.05, 0) is 30.0 Å². The highest BCUT2D eigenvalue weighted by Gasteiger charge is 2.08. The van der Waals surface area contributed by atoms with E-state index >= 15 is 0 Å². The third-order valence-electron chi connectivity index (χ3n) is 4.00. The summed E-state index contributed by atoms with van der Waals surface area (Å²) in [7, 11) is 0. The maximum absolute atomic E-state index is 11.4. The molecule has 0 saturated carbocycles. The number of benzene rings is 1. The van der Waals surface area contributed by atoms with Crippen LogP contribution in [0.1, 0.15) is 63.8 Å². The number of nitrogens with zero attached hydrogens (tertiary/aromatic N) is 1.